The lowest BCUT2D eigenvalue weighted by Crippen LogP contribution is -2.46. The van der Waals surface area contributed by atoms with Crippen LogP contribution in [-0.4, -0.2) is 94.1 Å². The van der Waals surface area contributed by atoms with Crippen molar-refractivity contribution in [1.82, 2.24) is 20.0 Å². The number of rotatable bonds is 8. The summed E-state index contributed by atoms with van der Waals surface area (Å²) in [7, 11) is 7.02. The number of thiophene rings is 1. The molecule has 184 valence electrons. The van der Waals surface area contributed by atoms with Crippen LogP contribution < -0.4 is 14.8 Å². The van der Waals surface area contributed by atoms with Crippen molar-refractivity contribution in [1.29, 1.82) is 0 Å². The van der Waals surface area contributed by atoms with Crippen LogP contribution in [0.25, 0.3) is 0 Å². The first-order valence-electron chi connectivity index (χ1n) is 11.7. The third-order valence-corrected chi connectivity index (χ3v) is 7.78. The minimum absolute atomic E-state index is 0.0791. The fourth-order valence-electron chi connectivity index (χ4n) is 4.84. The summed E-state index contributed by atoms with van der Waals surface area (Å²) >= 11 is 1.56. The molecular weight excluding hydrogens is 452 g/mol. The van der Waals surface area contributed by atoms with Crippen LogP contribution in [0.2, 0.25) is 0 Å². The number of hydrogen-bond acceptors (Lipinski definition) is 7. The average molecular weight is 487 g/mol. The van der Waals surface area contributed by atoms with E-state index in [0.717, 1.165) is 44.0 Å². The van der Waals surface area contributed by atoms with Gasteiger partial charge in [-0.3, -0.25) is 9.59 Å². The Balaban J connectivity index is 1.56. The lowest BCUT2D eigenvalue weighted by atomic mass is 9.81. The molecule has 4 rings (SSSR count). The molecule has 2 atom stereocenters. The van der Waals surface area contributed by atoms with E-state index in [1.54, 1.807) is 49.6 Å². The number of likely N-dealkylation sites (N-methyl/N-ethyl adjacent to an activating group) is 2. The maximum absolute atomic E-state index is 13.6. The summed E-state index contributed by atoms with van der Waals surface area (Å²) in [6.07, 6.45) is 0.888. The van der Waals surface area contributed by atoms with Gasteiger partial charge in [0.2, 0.25) is 5.91 Å². The maximum atomic E-state index is 13.6. The number of carbonyl (C=O) groups excluding carboxylic acids is 2. The Morgan fingerprint density at radius 2 is 1.82 bits per heavy atom. The van der Waals surface area contributed by atoms with Gasteiger partial charge in [-0.1, -0.05) is 6.07 Å². The number of amides is 2. The van der Waals surface area contributed by atoms with Gasteiger partial charge in [0, 0.05) is 50.2 Å². The van der Waals surface area contributed by atoms with Crippen molar-refractivity contribution in [3.8, 4) is 11.5 Å². The van der Waals surface area contributed by atoms with Gasteiger partial charge in [-0.15, -0.1) is 11.3 Å². The first kappa shape index (κ1) is 24.5. The lowest BCUT2D eigenvalue weighted by molar-refractivity contribution is -0.124. The van der Waals surface area contributed by atoms with Gasteiger partial charge in [-0.25, -0.2) is 0 Å². The largest absolute Gasteiger partial charge is 0.493 e. The predicted molar refractivity (Wildman–Crippen MR) is 133 cm³/mol. The van der Waals surface area contributed by atoms with Crippen LogP contribution in [0.3, 0.4) is 0 Å². The van der Waals surface area contributed by atoms with Gasteiger partial charge in [0.05, 0.1) is 26.2 Å². The number of nitrogens with zero attached hydrogens (tertiary/aromatic N) is 3. The SMILES string of the molecule is COc1cc2c(cc1OC)[C@H](C(=O)NCCCN1CCN(C)CC1)[C@@H](c1cccs1)N(C)C2=O. The predicted octanol–water partition coefficient (Wildman–Crippen LogP) is 2.43. The van der Waals surface area contributed by atoms with Crippen molar-refractivity contribution in [2.24, 2.45) is 0 Å². The summed E-state index contributed by atoms with van der Waals surface area (Å²) in [5.74, 6) is 0.234. The smallest absolute Gasteiger partial charge is 0.254 e. The zero-order valence-corrected chi connectivity index (χ0v) is 21.2. The molecular formula is C25H34N4O4S. The third-order valence-electron chi connectivity index (χ3n) is 6.84. The van der Waals surface area contributed by atoms with Crippen LogP contribution in [0.4, 0.5) is 0 Å². The van der Waals surface area contributed by atoms with Gasteiger partial charge in [0.25, 0.3) is 5.91 Å². The molecule has 34 heavy (non-hydrogen) atoms. The van der Waals surface area contributed by atoms with E-state index in [2.05, 4.69) is 22.2 Å². The Morgan fingerprint density at radius 1 is 1.12 bits per heavy atom. The number of benzene rings is 1. The number of ether oxygens (including phenoxy) is 2. The van der Waals surface area contributed by atoms with E-state index >= 15 is 0 Å². The van der Waals surface area contributed by atoms with E-state index in [9.17, 15) is 9.59 Å². The summed E-state index contributed by atoms with van der Waals surface area (Å²) in [5.41, 5.74) is 1.15. The quantitative estimate of drug-likeness (QED) is 0.578. The number of piperazine rings is 1. The monoisotopic (exact) mass is 486 g/mol. The van der Waals surface area contributed by atoms with E-state index in [1.807, 2.05) is 17.5 Å². The second kappa shape index (κ2) is 10.8. The first-order valence-corrected chi connectivity index (χ1v) is 12.6. The molecule has 9 heteroatoms. The normalized spacial score (nSPS) is 21.3. The fraction of sp³-hybridized carbons (Fsp3) is 0.520. The zero-order valence-electron chi connectivity index (χ0n) is 20.4. The summed E-state index contributed by atoms with van der Waals surface area (Å²) in [5, 5.41) is 5.13. The van der Waals surface area contributed by atoms with Crippen molar-refractivity contribution >= 4 is 23.2 Å². The molecule has 0 spiro atoms. The molecule has 0 unspecified atom stereocenters. The van der Waals surface area contributed by atoms with Crippen LogP contribution in [0, 0.1) is 0 Å². The molecule has 3 heterocycles. The first-order chi connectivity index (χ1) is 16.4. The second-order valence-electron chi connectivity index (χ2n) is 8.94. The molecule has 0 radical (unpaired) electrons. The van der Waals surface area contributed by atoms with Crippen LogP contribution >= 0.6 is 11.3 Å². The molecule has 0 saturated carbocycles. The van der Waals surface area contributed by atoms with Gasteiger partial charge >= 0.3 is 0 Å². The van der Waals surface area contributed by atoms with Crippen molar-refractivity contribution in [2.75, 3.05) is 67.6 Å². The highest BCUT2D eigenvalue weighted by atomic mass is 32.1. The number of carbonyl (C=O) groups is 2. The highest BCUT2D eigenvalue weighted by Gasteiger charge is 2.44. The molecule has 2 aliphatic rings. The number of fused-ring (bicyclic) bond motifs is 1. The summed E-state index contributed by atoms with van der Waals surface area (Å²) in [6, 6.07) is 7.03. The molecule has 1 aromatic carbocycles. The number of nitrogens with one attached hydrogen (secondary N) is 1. The maximum Gasteiger partial charge on any atom is 0.254 e. The van der Waals surface area contributed by atoms with Gasteiger partial charge < -0.3 is 29.5 Å². The van der Waals surface area contributed by atoms with Crippen LogP contribution in [-0.2, 0) is 4.79 Å². The third kappa shape index (κ3) is 4.92. The minimum Gasteiger partial charge on any atom is -0.493 e. The topological polar surface area (TPSA) is 74.4 Å². The standard InChI is InChI=1S/C25H34N4O4S/c1-27-10-12-29(13-11-27)9-6-8-26-24(30)22-17-15-19(32-3)20(33-4)16-18(17)25(31)28(2)23(22)21-7-5-14-34-21/h5,7,14-16,22-23H,6,8-13H2,1-4H3,(H,26,30)/t22-,23+/m0/s1. The zero-order chi connectivity index (χ0) is 24.2. The summed E-state index contributed by atoms with van der Waals surface area (Å²) in [6.45, 7) is 5.86. The molecule has 2 aliphatic heterocycles. The Hall–Kier alpha value is -2.62. The highest BCUT2D eigenvalue weighted by molar-refractivity contribution is 7.10. The molecule has 1 fully saturated rings. The fourth-order valence-corrected chi connectivity index (χ4v) is 5.75. The van der Waals surface area contributed by atoms with E-state index < -0.39 is 5.92 Å². The van der Waals surface area contributed by atoms with Crippen LogP contribution in [0.5, 0.6) is 11.5 Å². The Labute approximate surface area is 205 Å². The molecule has 1 saturated heterocycles. The van der Waals surface area contributed by atoms with E-state index in [4.69, 9.17) is 9.47 Å². The molecule has 1 aromatic heterocycles. The van der Waals surface area contributed by atoms with Crippen molar-refractivity contribution in [3.63, 3.8) is 0 Å². The number of hydrogen-bond donors (Lipinski definition) is 1. The van der Waals surface area contributed by atoms with E-state index in [-0.39, 0.29) is 17.9 Å². The van der Waals surface area contributed by atoms with E-state index in [0.29, 0.717) is 29.2 Å². The van der Waals surface area contributed by atoms with Crippen LogP contribution in [0.15, 0.2) is 29.6 Å². The molecule has 2 amide bonds. The van der Waals surface area contributed by atoms with Gasteiger partial charge in [0.1, 0.15) is 0 Å². The van der Waals surface area contributed by atoms with Crippen molar-refractivity contribution in [3.05, 3.63) is 45.6 Å². The van der Waals surface area contributed by atoms with Crippen molar-refractivity contribution < 1.29 is 19.1 Å². The van der Waals surface area contributed by atoms with E-state index in [1.165, 1.54) is 0 Å². The lowest BCUT2D eigenvalue weighted by Gasteiger charge is -2.39. The molecule has 0 bridgehead atoms. The molecule has 2 aromatic rings. The second-order valence-corrected chi connectivity index (χ2v) is 9.92. The Morgan fingerprint density at radius 3 is 2.47 bits per heavy atom. The number of methoxy groups -OCH3 is 2. The van der Waals surface area contributed by atoms with Gasteiger partial charge in [-0.2, -0.15) is 0 Å². The Bertz CT molecular complexity index is 1000. The molecule has 0 aliphatic carbocycles. The van der Waals surface area contributed by atoms with Crippen LogP contribution in [0.1, 0.15) is 39.2 Å². The van der Waals surface area contributed by atoms with Gasteiger partial charge in [-0.05, 0) is 49.2 Å². The highest BCUT2D eigenvalue weighted by Crippen LogP contribution is 2.46. The Kier molecular flexibility index (Phi) is 7.75. The summed E-state index contributed by atoms with van der Waals surface area (Å²) in [4.78, 5) is 34.4. The van der Waals surface area contributed by atoms with Crippen molar-refractivity contribution in [2.45, 2.75) is 18.4 Å². The van der Waals surface area contributed by atoms with Gasteiger partial charge in [0.15, 0.2) is 11.5 Å². The molecule has 8 nitrogen and oxygen atoms in total. The minimum atomic E-state index is -0.542. The molecule has 1 N–H and O–H groups in total. The average Bonchev–Trinajstić information content (AvgIpc) is 3.38. The summed E-state index contributed by atoms with van der Waals surface area (Å²) < 4.78 is 10.9.